The lowest BCUT2D eigenvalue weighted by Crippen LogP contribution is -2.50. The summed E-state index contributed by atoms with van der Waals surface area (Å²) in [5, 5.41) is 4.11. The van der Waals surface area contributed by atoms with E-state index in [0.29, 0.717) is 39.1 Å². The zero-order chi connectivity index (χ0) is 25.1. The van der Waals surface area contributed by atoms with Crippen LogP contribution in [0.2, 0.25) is 0 Å². The van der Waals surface area contributed by atoms with Crippen LogP contribution in [0.1, 0.15) is 19.4 Å². The van der Waals surface area contributed by atoms with Gasteiger partial charge in [0.15, 0.2) is 0 Å². The second kappa shape index (κ2) is 10.7. The van der Waals surface area contributed by atoms with Crippen LogP contribution >= 0.6 is 0 Å². The van der Waals surface area contributed by atoms with Gasteiger partial charge in [0.2, 0.25) is 11.8 Å². The van der Waals surface area contributed by atoms with E-state index in [0.717, 1.165) is 40.9 Å². The van der Waals surface area contributed by atoms with Gasteiger partial charge in [-0.05, 0) is 49.7 Å². The summed E-state index contributed by atoms with van der Waals surface area (Å²) in [7, 11) is 0. The van der Waals surface area contributed by atoms with Crippen molar-refractivity contribution in [1.82, 2.24) is 14.8 Å². The molecule has 5 rings (SSSR count). The molecule has 2 aromatic carbocycles. The summed E-state index contributed by atoms with van der Waals surface area (Å²) >= 11 is 0. The van der Waals surface area contributed by atoms with Gasteiger partial charge in [-0.25, -0.2) is 0 Å². The van der Waals surface area contributed by atoms with Crippen LogP contribution in [-0.2, 0) is 20.7 Å². The van der Waals surface area contributed by atoms with E-state index in [4.69, 9.17) is 4.74 Å². The van der Waals surface area contributed by atoms with E-state index in [1.807, 2.05) is 47.5 Å². The molecule has 2 N–H and O–H groups in total. The van der Waals surface area contributed by atoms with Crippen LogP contribution in [-0.4, -0.2) is 84.6 Å². The van der Waals surface area contributed by atoms with Crippen LogP contribution < -0.4 is 10.2 Å². The maximum Gasteiger partial charge on any atom is 0.238 e. The molecule has 2 aliphatic rings. The maximum absolute atomic E-state index is 12.9. The molecule has 3 aromatic rings. The molecule has 190 valence electrons. The molecule has 2 fully saturated rings. The molecule has 0 bridgehead atoms. The van der Waals surface area contributed by atoms with Gasteiger partial charge in [0.1, 0.15) is 0 Å². The molecule has 2 saturated heterocycles. The lowest BCUT2D eigenvalue weighted by molar-refractivity contribution is -0.132. The number of carbonyl (C=O) groups excluding carboxylic acids is 2. The van der Waals surface area contributed by atoms with Gasteiger partial charge in [0.05, 0.1) is 25.2 Å². The molecule has 8 heteroatoms. The molecule has 0 spiro atoms. The van der Waals surface area contributed by atoms with Crippen LogP contribution in [0.3, 0.4) is 0 Å². The molecule has 1 aromatic heterocycles. The third-order valence-corrected chi connectivity index (χ3v) is 7.04. The number of rotatable bonds is 6. The van der Waals surface area contributed by atoms with Crippen molar-refractivity contribution in [3.05, 3.63) is 60.3 Å². The minimum Gasteiger partial charge on any atom is -0.372 e. The number of ether oxygens (including phenoxy) is 1. The normalized spacial score (nSPS) is 21.1. The van der Waals surface area contributed by atoms with E-state index in [-0.39, 0.29) is 24.0 Å². The first-order valence-electron chi connectivity index (χ1n) is 12.8. The average Bonchev–Trinajstić information content (AvgIpc) is 3.27. The van der Waals surface area contributed by atoms with Crippen molar-refractivity contribution >= 4 is 34.1 Å². The number of aromatic nitrogens is 1. The fourth-order valence-corrected chi connectivity index (χ4v) is 5.26. The smallest absolute Gasteiger partial charge is 0.238 e. The highest BCUT2D eigenvalue weighted by molar-refractivity contribution is 5.92. The van der Waals surface area contributed by atoms with E-state index in [2.05, 4.69) is 46.1 Å². The first kappa shape index (κ1) is 24.3. The van der Waals surface area contributed by atoms with Crippen molar-refractivity contribution in [1.29, 1.82) is 0 Å². The summed E-state index contributed by atoms with van der Waals surface area (Å²) in [5.74, 6) is 0.0999. The minimum atomic E-state index is -0.0325. The second-order valence-corrected chi connectivity index (χ2v) is 9.95. The van der Waals surface area contributed by atoms with Crippen molar-refractivity contribution in [2.75, 3.05) is 56.0 Å². The Kier molecular flexibility index (Phi) is 7.25. The molecule has 36 heavy (non-hydrogen) atoms. The molecular formula is C28H35N5O3. The highest BCUT2D eigenvalue weighted by atomic mass is 16.5. The number of nitrogens with zero attached hydrogens (tertiary/aromatic N) is 3. The number of amides is 2. The number of nitrogens with one attached hydrogen (secondary N) is 2. The van der Waals surface area contributed by atoms with E-state index >= 15 is 0 Å². The largest absolute Gasteiger partial charge is 0.372 e. The van der Waals surface area contributed by atoms with E-state index in [1.54, 1.807) is 0 Å². The number of aromatic amines is 1. The molecule has 2 aliphatic heterocycles. The second-order valence-electron chi connectivity index (χ2n) is 9.95. The Morgan fingerprint density at radius 2 is 1.67 bits per heavy atom. The number of anilines is 2. The fraction of sp³-hybridized carbons (Fsp3) is 0.429. The molecule has 8 nitrogen and oxygen atoms in total. The first-order valence-corrected chi connectivity index (χ1v) is 12.8. The number of para-hydroxylation sites is 1. The molecule has 0 radical (unpaired) electrons. The lowest BCUT2D eigenvalue weighted by atomic mass is 10.1. The van der Waals surface area contributed by atoms with Gasteiger partial charge in [0.25, 0.3) is 0 Å². The van der Waals surface area contributed by atoms with E-state index in [1.165, 1.54) is 0 Å². The van der Waals surface area contributed by atoms with Crippen LogP contribution in [0.4, 0.5) is 11.4 Å². The number of hydrogen-bond acceptors (Lipinski definition) is 5. The number of benzene rings is 2. The minimum absolute atomic E-state index is 0.0325. The van der Waals surface area contributed by atoms with Gasteiger partial charge in [-0.3, -0.25) is 14.5 Å². The highest BCUT2D eigenvalue weighted by Crippen LogP contribution is 2.23. The van der Waals surface area contributed by atoms with Gasteiger partial charge < -0.3 is 24.8 Å². The predicted octanol–water partition coefficient (Wildman–Crippen LogP) is 3.11. The Balaban J connectivity index is 1.07. The number of piperazine rings is 1. The molecule has 0 saturated carbocycles. The number of fused-ring (bicyclic) bond motifs is 1. The summed E-state index contributed by atoms with van der Waals surface area (Å²) in [6, 6.07) is 16.1. The Morgan fingerprint density at radius 3 is 2.39 bits per heavy atom. The van der Waals surface area contributed by atoms with Gasteiger partial charge in [-0.15, -0.1) is 0 Å². The van der Waals surface area contributed by atoms with Crippen LogP contribution in [0.25, 0.3) is 10.9 Å². The van der Waals surface area contributed by atoms with Crippen LogP contribution in [0.5, 0.6) is 0 Å². The van der Waals surface area contributed by atoms with Gasteiger partial charge in [-0.2, -0.15) is 0 Å². The Hall–Kier alpha value is -3.36. The standard InChI is InChI=1S/C28H35N5O3/c1-20-17-33(18-21(2)36-20)24-9-7-23(8-10-24)30-27(34)19-31-11-13-32(14-12-31)28(35)15-22-16-29-26-6-4-3-5-25(22)26/h3-10,16,20-21,29H,11-15,17-19H2,1-2H3,(H,30,34). The van der Waals surface area contributed by atoms with Crippen molar-refractivity contribution in [3.8, 4) is 0 Å². The van der Waals surface area contributed by atoms with Gasteiger partial charge in [-0.1, -0.05) is 18.2 Å². The van der Waals surface area contributed by atoms with E-state index < -0.39 is 0 Å². The van der Waals surface area contributed by atoms with E-state index in [9.17, 15) is 9.59 Å². The number of morpholine rings is 1. The van der Waals surface area contributed by atoms with Crippen molar-refractivity contribution < 1.29 is 14.3 Å². The Labute approximate surface area is 212 Å². The number of hydrogen-bond donors (Lipinski definition) is 2. The predicted molar refractivity (Wildman–Crippen MR) is 142 cm³/mol. The lowest BCUT2D eigenvalue weighted by Gasteiger charge is -2.37. The number of H-pyrrole nitrogens is 1. The van der Waals surface area contributed by atoms with Gasteiger partial charge in [0, 0.05) is 67.7 Å². The van der Waals surface area contributed by atoms with Crippen molar-refractivity contribution in [3.63, 3.8) is 0 Å². The van der Waals surface area contributed by atoms with Crippen molar-refractivity contribution in [2.24, 2.45) is 0 Å². The SMILES string of the molecule is CC1CN(c2ccc(NC(=O)CN3CCN(C(=O)Cc4c[nH]c5ccccc45)CC3)cc2)CC(C)O1. The summed E-state index contributed by atoms with van der Waals surface area (Å²) in [4.78, 5) is 35.1. The van der Waals surface area contributed by atoms with Crippen molar-refractivity contribution in [2.45, 2.75) is 32.5 Å². The molecule has 2 atom stereocenters. The summed E-state index contributed by atoms with van der Waals surface area (Å²) in [6.07, 6.45) is 2.73. The van der Waals surface area contributed by atoms with Crippen LogP contribution in [0, 0.1) is 0 Å². The Morgan fingerprint density at radius 1 is 0.972 bits per heavy atom. The zero-order valence-corrected chi connectivity index (χ0v) is 21.1. The molecule has 3 heterocycles. The average molecular weight is 490 g/mol. The Bertz CT molecular complexity index is 1190. The third-order valence-electron chi connectivity index (χ3n) is 7.04. The van der Waals surface area contributed by atoms with Crippen LogP contribution in [0.15, 0.2) is 54.7 Å². The topological polar surface area (TPSA) is 80.9 Å². The molecule has 2 unspecified atom stereocenters. The third kappa shape index (κ3) is 5.71. The summed E-state index contributed by atoms with van der Waals surface area (Å²) in [5.41, 5.74) is 4.02. The summed E-state index contributed by atoms with van der Waals surface area (Å²) in [6.45, 7) is 8.91. The quantitative estimate of drug-likeness (QED) is 0.556. The molecule has 2 amide bonds. The molecule has 0 aliphatic carbocycles. The maximum atomic E-state index is 12.9. The molecular weight excluding hydrogens is 454 g/mol. The first-order chi connectivity index (χ1) is 17.4. The zero-order valence-electron chi connectivity index (χ0n) is 21.1. The van der Waals surface area contributed by atoms with Gasteiger partial charge >= 0.3 is 0 Å². The fourth-order valence-electron chi connectivity index (χ4n) is 5.26. The highest BCUT2D eigenvalue weighted by Gasteiger charge is 2.24. The number of carbonyl (C=O) groups is 2. The monoisotopic (exact) mass is 489 g/mol. The summed E-state index contributed by atoms with van der Waals surface area (Å²) < 4.78 is 5.82.